The minimum atomic E-state index is -0.0634. The Balaban J connectivity index is 1.61. The van der Waals surface area contributed by atoms with Crippen LogP contribution in [0.15, 0.2) is 54.6 Å². The van der Waals surface area contributed by atoms with Crippen molar-refractivity contribution in [2.24, 2.45) is 0 Å². The lowest BCUT2D eigenvalue weighted by Gasteiger charge is -2.29. The lowest BCUT2D eigenvalue weighted by atomic mass is 10.0. The second-order valence-electron chi connectivity index (χ2n) is 6.90. The molecule has 0 radical (unpaired) electrons. The van der Waals surface area contributed by atoms with Gasteiger partial charge in [0.2, 0.25) is 11.8 Å². The van der Waals surface area contributed by atoms with Gasteiger partial charge in [0.1, 0.15) is 0 Å². The summed E-state index contributed by atoms with van der Waals surface area (Å²) in [7, 11) is 1.68. The van der Waals surface area contributed by atoms with Gasteiger partial charge in [-0.3, -0.25) is 9.59 Å². The van der Waals surface area contributed by atoms with Gasteiger partial charge in [0, 0.05) is 25.2 Å². The molecule has 0 N–H and O–H groups in total. The van der Waals surface area contributed by atoms with Crippen LogP contribution in [0, 0.1) is 0 Å². The minimum absolute atomic E-state index is 0.0146. The molecule has 1 saturated heterocycles. The van der Waals surface area contributed by atoms with Gasteiger partial charge < -0.3 is 14.5 Å². The molecule has 154 valence electrons. The maximum atomic E-state index is 12.7. The maximum Gasteiger partial charge on any atom is 0.242 e. The van der Waals surface area contributed by atoms with Gasteiger partial charge in [-0.1, -0.05) is 54.1 Å². The molecular formula is C22H25ClN2O3S. The molecule has 29 heavy (non-hydrogen) atoms. The van der Waals surface area contributed by atoms with Gasteiger partial charge in [-0.05, 0) is 23.3 Å². The molecule has 2 amide bonds. The van der Waals surface area contributed by atoms with Crippen molar-refractivity contribution in [2.45, 2.75) is 5.25 Å². The van der Waals surface area contributed by atoms with E-state index in [0.29, 0.717) is 31.3 Å². The quantitative estimate of drug-likeness (QED) is 0.672. The van der Waals surface area contributed by atoms with E-state index in [4.69, 9.17) is 16.3 Å². The highest BCUT2D eigenvalue weighted by molar-refractivity contribution is 8.00. The van der Waals surface area contributed by atoms with Gasteiger partial charge in [0.25, 0.3) is 0 Å². The molecule has 3 rings (SSSR count). The molecule has 1 aliphatic heterocycles. The summed E-state index contributed by atoms with van der Waals surface area (Å²) >= 11 is 7.59. The minimum Gasteiger partial charge on any atom is -0.378 e. The summed E-state index contributed by atoms with van der Waals surface area (Å²) < 4.78 is 5.27. The fraction of sp³-hybridized carbons (Fsp3) is 0.364. The number of amides is 2. The molecule has 0 aliphatic carbocycles. The third-order valence-corrected chi connectivity index (χ3v) is 6.35. The summed E-state index contributed by atoms with van der Waals surface area (Å²) in [6.45, 7) is 2.37. The average molecular weight is 433 g/mol. The molecule has 2 aromatic carbocycles. The molecule has 0 aromatic heterocycles. The number of nitrogens with zero attached hydrogens (tertiary/aromatic N) is 2. The van der Waals surface area contributed by atoms with Crippen molar-refractivity contribution >= 4 is 35.2 Å². The molecule has 0 bridgehead atoms. The molecule has 5 nitrogen and oxygen atoms in total. The number of carbonyl (C=O) groups is 2. The van der Waals surface area contributed by atoms with Gasteiger partial charge in [0.15, 0.2) is 0 Å². The van der Waals surface area contributed by atoms with Crippen molar-refractivity contribution in [3.05, 3.63) is 70.7 Å². The van der Waals surface area contributed by atoms with E-state index in [1.54, 1.807) is 23.7 Å². The van der Waals surface area contributed by atoms with Crippen LogP contribution >= 0.6 is 23.4 Å². The van der Waals surface area contributed by atoms with Crippen LogP contribution in [0.25, 0.3) is 0 Å². The number of benzene rings is 2. The number of rotatable bonds is 7. The number of hydrogen-bond acceptors (Lipinski definition) is 4. The highest BCUT2D eigenvalue weighted by atomic mass is 35.5. The van der Waals surface area contributed by atoms with Crippen LogP contribution in [0.3, 0.4) is 0 Å². The van der Waals surface area contributed by atoms with Crippen molar-refractivity contribution in [3.63, 3.8) is 0 Å². The molecule has 1 fully saturated rings. The first-order chi connectivity index (χ1) is 14.0. The molecule has 1 aliphatic rings. The molecule has 1 unspecified atom stereocenters. The second kappa shape index (κ2) is 10.7. The van der Waals surface area contributed by atoms with Crippen molar-refractivity contribution in [1.29, 1.82) is 0 Å². The lowest BCUT2D eigenvalue weighted by Crippen LogP contribution is -2.46. The summed E-state index contributed by atoms with van der Waals surface area (Å²) in [4.78, 5) is 28.3. The van der Waals surface area contributed by atoms with Crippen molar-refractivity contribution in [2.75, 3.05) is 45.6 Å². The number of thioether (sulfide) groups is 1. The zero-order chi connectivity index (χ0) is 20.6. The van der Waals surface area contributed by atoms with Crippen LogP contribution < -0.4 is 0 Å². The topological polar surface area (TPSA) is 49.9 Å². The molecule has 1 atom stereocenters. The van der Waals surface area contributed by atoms with Crippen LogP contribution in [0.5, 0.6) is 0 Å². The number of likely N-dealkylation sites (N-methyl/N-ethyl adjacent to an activating group) is 1. The summed E-state index contributed by atoms with van der Waals surface area (Å²) in [5, 5.41) is 0.698. The third-order valence-electron chi connectivity index (χ3n) is 4.81. The van der Waals surface area contributed by atoms with E-state index in [-0.39, 0.29) is 29.4 Å². The van der Waals surface area contributed by atoms with E-state index in [1.165, 1.54) is 4.90 Å². The summed E-state index contributed by atoms with van der Waals surface area (Å²) in [5.41, 5.74) is 2.21. The van der Waals surface area contributed by atoms with Gasteiger partial charge >= 0.3 is 0 Å². The zero-order valence-corrected chi connectivity index (χ0v) is 18.0. The predicted molar refractivity (Wildman–Crippen MR) is 117 cm³/mol. The monoisotopic (exact) mass is 432 g/mol. The van der Waals surface area contributed by atoms with E-state index in [0.717, 1.165) is 11.1 Å². The summed E-state index contributed by atoms with van der Waals surface area (Å²) in [6.07, 6.45) is 0. The Kier molecular flexibility index (Phi) is 7.98. The molecular weight excluding hydrogens is 408 g/mol. The smallest absolute Gasteiger partial charge is 0.242 e. The van der Waals surface area contributed by atoms with Crippen LogP contribution in [0.2, 0.25) is 5.02 Å². The molecule has 0 spiro atoms. The number of carbonyl (C=O) groups excluding carboxylic acids is 2. The van der Waals surface area contributed by atoms with Gasteiger partial charge in [-0.25, -0.2) is 0 Å². The van der Waals surface area contributed by atoms with Crippen LogP contribution in [-0.4, -0.2) is 67.3 Å². The summed E-state index contributed by atoms with van der Waals surface area (Å²) in [5.74, 6) is 0.188. The predicted octanol–water partition coefficient (Wildman–Crippen LogP) is 3.48. The van der Waals surface area contributed by atoms with Gasteiger partial charge in [-0.2, -0.15) is 0 Å². The molecule has 0 saturated carbocycles. The average Bonchev–Trinajstić information content (AvgIpc) is 2.76. The number of ether oxygens (including phenoxy) is 1. The molecule has 1 heterocycles. The Morgan fingerprint density at radius 2 is 1.69 bits per heavy atom. The zero-order valence-electron chi connectivity index (χ0n) is 16.4. The normalized spacial score (nSPS) is 15.0. The Labute approximate surface area is 181 Å². The maximum absolute atomic E-state index is 12.7. The Hall–Kier alpha value is -2.02. The molecule has 7 heteroatoms. The Morgan fingerprint density at radius 1 is 1.07 bits per heavy atom. The van der Waals surface area contributed by atoms with Crippen LogP contribution in [-0.2, 0) is 14.3 Å². The fourth-order valence-corrected chi connectivity index (χ4v) is 4.47. The van der Waals surface area contributed by atoms with E-state index >= 15 is 0 Å². The van der Waals surface area contributed by atoms with E-state index < -0.39 is 0 Å². The first kappa shape index (κ1) is 21.7. The van der Waals surface area contributed by atoms with Gasteiger partial charge in [-0.15, -0.1) is 11.8 Å². The largest absolute Gasteiger partial charge is 0.378 e. The van der Waals surface area contributed by atoms with E-state index in [1.807, 2.05) is 42.5 Å². The van der Waals surface area contributed by atoms with E-state index in [9.17, 15) is 9.59 Å². The highest BCUT2D eigenvalue weighted by Crippen LogP contribution is 2.36. The van der Waals surface area contributed by atoms with Crippen LogP contribution in [0.1, 0.15) is 16.4 Å². The standard InChI is InChI=1S/C22H25ClN2O3S/c1-24(15-20(26)25-11-13-28-14-12-25)21(27)16-29-22(17-5-3-2-4-6-17)18-7-9-19(23)10-8-18/h2-10,22H,11-16H2,1H3. The number of hydrogen-bond donors (Lipinski definition) is 0. The lowest BCUT2D eigenvalue weighted by molar-refractivity contribution is -0.140. The summed E-state index contributed by atoms with van der Waals surface area (Å²) in [6, 6.07) is 17.8. The van der Waals surface area contributed by atoms with Crippen molar-refractivity contribution in [1.82, 2.24) is 9.80 Å². The van der Waals surface area contributed by atoms with Gasteiger partial charge in [0.05, 0.1) is 30.8 Å². The third kappa shape index (κ3) is 6.23. The molecule has 2 aromatic rings. The van der Waals surface area contributed by atoms with Crippen LogP contribution in [0.4, 0.5) is 0 Å². The van der Waals surface area contributed by atoms with E-state index in [2.05, 4.69) is 12.1 Å². The fourth-order valence-electron chi connectivity index (χ4n) is 3.12. The van der Waals surface area contributed by atoms with Crippen molar-refractivity contribution < 1.29 is 14.3 Å². The van der Waals surface area contributed by atoms with Crippen molar-refractivity contribution in [3.8, 4) is 0 Å². The first-order valence-electron chi connectivity index (χ1n) is 9.56. The first-order valence-corrected chi connectivity index (χ1v) is 11.0. The second-order valence-corrected chi connectivity index (χ2v) is 8.43. The number of halogens is 1. The SMILES string of the molecule is CN(CC(=O)N1CCOCC1)C(=O)CSC(c1ccccc1)c1ccc(Cl)cc1. The Morgan fingerprint density at radius 3 is 2.34 bits per heavy atom. The highest BCUT2D eigenvalue weighted by Gasteiger charge is 2.22. The number of morpholine rings is 1. The Bertz CT molecular complexity index is 811.